The molecule has 1 aliphatic carbocycles. The summed E-state index contributed by atoms with van der Waals surface area (Å²) in [6.07, 6.45) is 5.36. The maximum atomic E-state index is 13.0. The molecule has 0 spiro atoms. The van der Waals surface area contributed by atoms with Crippen LogP contribution in [-0.2, 0) is 25.8 Å². The van der Waals surface area contributed by atoms with Gasteiger partial charge in [0.1, 0.15) is 5.82 Å². The summed E-state index contributed by atoms with van der Waals surface area (Å²) >= 11 is 0. The SMILES string of the molecule is C=CCn1nc(C(=O)N(C)C)c2c1CCC(NCCc1ccc(F)cc1)C2. The summed E-state index contributed by atoms with van der Waals surface area (Å²) in [7, 11) is 3.50. The molecule has 6 heteroatoms. The van der Waals surface area contributed by atoms with Crippen LogP contribution in [0.25, 0.3) is 0 Å². The average Bonchev–Trinajstić information content (AvgIpc) is 3.01. The summed E-state index contributed by atoms with van der Waals surface area (Å²) < 4.78 is 14.9. The molecule has 144 valence electrons. The number of carbonyl (C=O) groups excluding carboxylic acids is 1. The number of nitrogens with one attached hydrogen (secondary N) is 1. The van der Waals surface area contributed by atoms with Crippen molar-refractivity contribution in [1.82, 2.24) is 20.0 Å². The summed E-state index contributed by atoms with van der Waals surface area (Å²) in [6.45, 7) is 5.23. The molecule has 1 N–H and O–H groups in total. The van der Waals surface area contributed by atoms with Crippen molar-refractivity contribution in [2.45, 2.75) is 38.3 Å². The van der Waals surface area contributed by atoms with Crippen LogP contribution in [0.5, 0.6) is 0 Å². The van der Waals surface area contributed by atoms with Gasteiger partial charge in [0, 0.05) is 31.4 Å². The summed E-state index contributed by atoms with van der Waals surface area (Å²) in [5.41, 5.74) is 3.88. The third-order valence-electron chi connectivity index (χ3n) is 5.02. The zero-order valence-corrected chi connectivity index (χ0v) is 16.0. The predicted molar refractivity (Wildman–Crippen MR) is 104 cm³/mol. The van der Waals surface area contributed by atoms with E-state index in [0.717, 1.165) is 49.0 Å². The van der Waals surface area contributed by atoms with Crippen molar-refractivity contribution in [1.29, 1.82) is 0 Å². The number of rotatable bonds is 7. The Morgan fingerprint density at radius 2 is 2.15 bits per heavy atom. The van der Waals surface area contributed by atoms with E-state index in [1.807, 2.05) is 22.9 Å². The van der Waals surface area contributed by atoms with Gasteiger partial charge < -0.3 is 10.2 Å². The predicted octanol–water partition coefficient (Wildman–Crippen LogP) is 2.60. The van der Waals surface area contributed by atoms with Gasteiger partial charge in [-0.1, -0.05) is 18.2 Å². The minimum Gasteiger partial charge on any atom is -0.343 e. The number of nitrogens with zero attached hydrogens (tertiary/aromatic N) is 3. The molecule has 3 rings (SSSR count). The van der Waals surface area contributed by atoms with Gasteiger partial charge in [0.05, 0.1) is 6.54 Å². The number of aromatic nitrogens is 2. The van der Waals surface area contributed by atoms with Crippen LogP contribution in [0.4, 0.5) is 4.39 Å². The molecule has 0 saturated carbocycles. The van der Waals surface area contributed by atoms with Crippen LogP contribution in [0.15, 0.2) is 36.9 Å². The lowest BCUT2D eigenvalue weighted by Gasteiger charge is -2.25. The molecule has 0 bridgehead atoms. The van der Waals surface area contributed by atoms with Crippen LogP contribution in [0.2, 0.25) is 0 Å². The third kappa shape index (κ3) is 4.45. The van der Waals surface area contributed by atoms with E-state index in [-0.39, 0.29) is 11.7 Å². The average molecular weight is 370 g/mol. The van der Waals surface area contributed by atoms with Gasteiger partial charge in [-0.3, -0.25) is 9.48 Å². The molecule has 0 saturated heterocycles. The van der Waals surface area contributed by atoms with E-state index in [1.54, 1.807) is 19.0 Å². The van der Waals surface area contributed by atoms with Gasteiger partial charge in [-0.05, 0) is 49.9 Å². The minimum absolute atomic E-state index is 0.0546. The second-order valence-electron chi connectivity index (χ2n) is 7.21. The first-order valence-electron chi connectivity index (χ1n) is 9.38. The Bertz CT molecular complexity index is 810. The van der Waals surface area contributed by atoms with Crippen molar-refractivity contribution in [3.05, 3.63) is 65.3 Å². The number of benzene rings is 1. The first kappa shape index (κ1) is 19.3. The van der Waals surface area contributed by atoms with E-state index in [1.165, 1.54) is 12.1 Å². The quantitative estimate of drug-likeness (QED) is 0.762. The molecule has 2 aromatic rings. The monoisotopic (exact) mass is 370 g/mol. The van der Waals surface area contributed by atoms with Gasteiger partial charge in [0.15, 0.2) is 5.69 Å². The largest absolute Gasteiger partial charge is 0.343 e. The Hall–Kier alpha value is -2.47. The number of allylic oxidation sites excluding steroid dienone is 1. The van der Waals surface area contributed by atoms with Crippen molar-refractivity contribution >= 4 is 5.91 Å². The molecule has 0 radical (unpaired) electrons. The highest BCUT2D eigenvalue weighted by Gasteiger charge is 2.29. The van der Waals surface area contributed by atoms with E-state index in [2.05, 4.69) is 17.0 Å². The topological polar surface area (TPSA) is 50.2 Å². The fraction of sp³-hybridized carbons (Fsp3) is 0.429. The maximum Gasteiger partial charge on any atom is 0.274 e. The third-order valence-corrected chi connectivity index (χ3v) is 5.02. The number of fused-ring (bicyclic) bond motifs is 1. The lowest BCUT2D eigenvalue weighted by atomic mass is 9.91. The van der Waals surface area contributed by atoms with Crippen molar-refractivity contribution in [3.63, 3.8) is 0 Å². The summed E-state index contributed by atoms with van der Waals surface area (Å²) in [5.74, 6) is -0.262. The van der Waals surface area contributed by atoms with Gasteiger partial charge in [-0.2, -0.15) is 5.10 Å². The molecule has 1 atom stereocenters. The molecule has 27 heavy (non-hydrogen) atoms. The highest BCUT2D eigenvalue weighted by molar-refractivity contribution is 5.93. The van der Waals surface area contributed by atoms with Crippen LogP contribution in [-0.4, -0.2) is 47.3 Å². The smallest absolute Gasteiger partial charge is 0.274 e. The van der Waals surface area contributed by atoms with E-state index in [4.69, 9.17) is 0 Å². The van der Waals surface area contributed by atoms with Crippen molar-refractivity contribution in [3.8, 4) is 0 Å². The van der Waals surface area contributed by atoms with E-state index >= 15 is 0 Å². The lowest BCUT2D eigenvalue weighted by Crippen LogP contribution is -2.36. The molecule has 1 heterocycles. The van der Waals surface area contributed by atoms with Crippen LogP contribution < -0.4 is 5.32 Å². The molecular weight excluding hydrogens is 343 g/mol. The van der Waals surface area contributed by atoms with Gasteiger partial charge in [0.2, 0.25) is 0 Å². The van der Waals surface area contributed by atoms with Gasteiger partial charge >= 0.3 is 0 Å². The second kappa shape index (κ2) is 8.48. The summed E-state index contributed by atoms with van der Waals surface area (Å²) in [5, 5.41) is 8.15. The maximum absolute atomic E-state index is 13.0. The van der Waals surface area contributed by atoms with Gasteiger partial charge in [-0.25, -0.2) is 4.39 Å². The van der Waals surface area contributed by atoms with Gasteiger partial charge in [-0.15, -0.1) is 6.58 Å². The molecule has 1 aliphatic rings. The van der Waals surface area contributed by atoms with Crippen molar-refractivity contribution in [2.24, 2.45) is 0 Å². The van der Waals surface area contributed by atoms with Crippen LogP contribution in [0, 0.1) is 5.82 Å². The molecule has 1 aromatic heterocycles. The second-order valence-corrected chi connectivity index (χ2v) is 7.21. The number of halogens is 1. The summed E-state index contributed by atoms with van der Waals surface area (Å²) in [4.78, 5) is 14.1. The Kier molecular flexibility index (Phi) is 6.06. The lowest BCUT2D eigenvalue weighted by molar-refractivity contribution is 0.0820. The molecular formula is C21H27FN4O. The zero-order chi connectivity index (χ0) is 19.4. The van der Waals surface area contributed by atoms with Crippen molar-refractivity contribution in [2.75, 3.05) is 20.6 Å². The van der Waals surface area contributed by atoms with E-state index < -0.39 is 0 Å². The molecule has 0 fully saturated rings. The fourth-order valence-corrected chi connectivity index (χ4v) is 3.59. The molecule has 1 unspecified atom stereocenters. The summed E-state index contributed by atoms with van der Waals surface area (Å²) in [6, 6.07) is 6.95. The van der Waals surface area contributed by atoms with E-state index in [9.17, 15) is 9.18 Å². The van der Waals surface area contributed by atoms with Crippen molar-refractivity contribution < 1.29 is 9.18 Å². The standard InChI is InChI=1S/C21H27FN4O/c1-4-13-26-19-10-9-17(14-18(19)20(24-26)21(27)25(2)3)23-12-11-15-5-7-16(22)8-6-15/h4-8,17,23H,1,9-14H2,2-3H3. The van der Waals surface area contributed by atoms with Crippen LogP contribution in [0.3, 0.4) is 0 Å². The number of hydrogen-bond donors (Lipinski definition) is 1. The Balaban J connectivity index is 1.67. The Morgan fingerprint density at radius 3 is 2.81 bits per heavy atom. The molecule has 5 nitrogen and oxygen atoms in total. The molecule has 1 amide bonds. The minimum atomic E-state index is -0.207. The normalized spacial score (nSPS) is 16.0. The zero-order valence-electron chi connectivity index (χ0n) is 16.0. The number of carbonyl (C=O) groups is 1. The highest BCUT2D eigenvalue weighted by atomic mass is 19.1. The first-order chi connectivity index (χ1) is 13.0. The highest BCUT2D eigenvalue weighted by Crippen LogP contribution is 2.26. The Labute approximate surface area is 159 Å². The van der Waals surface area contributed by atoms with Gasteiger partial charge in [0.25, 0.3) is 5.91 Å². The van der Waals surface area contributed by atoms with Crippen LogP contribution in [0.1, 0.15) is 33.7 Å². The Morgan fingerprint density at radius 1 is 1.41 bits per heavy atom. The molecule has 1 aromatic carbocycles. The fourth-order valence-electron chi connectivity index (χ4n) is 3.59. The molecule has 0 aliphatic heterocycles. The van der Waals surface area contributed by atoms with Crippen LogP contribution >= 0.6 is 0 Å². The first-order valence-corrected chi connectivity index (χ1v) is 9.38. The number of amides is 1. The number of hydrogen-bond acceptors (Lipinski definition) is 3. The van der Waals surface area contributed by atoms with E-state index in [0.29, 0.717) is 18.3 Å².